The summed E-state index contributed by atoms with van der Waals surface area (Å²) in [5, 5.41) is 11.5. The zero-order valence-corrected chi connectivity index (χ0v) is 27.6. The number of carboxylic acid groups (broad SMARTS) is 1. The molecule has 0 aromatic carbocycles. The third-order valence-electron chi connectivity index (χ3n) is 8.62. The summed E-state index contributed by atoms with van der Waals surface area (Å²) >= 11 is 0. The van der Waals surface area contributed by atoms with Gasteiger partial charge in [-0.05, 0) is 83.1 Å². The summed E-state index contributed by atoms with van der Waals surface area (Å²) in [4.78, 5) is 29.2. The predicted molar refractivity (Wildman–Crippen MR) is 153 cm³/mol. The van der Waals surface area contributed by atoms with Gasteiger partial charge >= 0.3 is 0 Å². The van der Waals surface area contributed by atoms with E-state index in [-0.39, 0.29) is 0 Å². The van der Waals surface area contributed by atoms with Gasteiger partial charge < -0.3 is 43.0 Å². The molecule has 0 fully saturated rings. The molecule has 0 aliphatic heterocycles. The second kappa shape index (κ2) is 24.5. The van der Waals surface area contributed by atoms with Gasteiger partial charge in [0, 0.05) is 12.8 Å². The average Bonchev–Trinajstić information content (AvgIpc) is 2.89. The lowest BCUT2D eigenvalue weighted by Crippen LogP contribution is -2.47. The topological polar surface area (TPSA) is 115 Å². The maximum Gasteiger partial charge on any atom is 0.0757 e. The number of aliphatic carboxylic acids is 1. The standard InChI is InChI=1S/3C8H20N.C3H8NO5P/c3*1-5-9(6-2,7-3)8-4;5-3(6)1-4-2-10(7,8)9/h3*5-8H2,1-4H3;4H,1-2H2,(H,5,6)(H2,7,8,9)/q3*+1;/p-3. The van der Waals surface area contributed by atoms with Gasteiger partial charge in [-0.15, -0.1) is 0 Å². The summed E-state index contributed by atoms with van der Waals surface area (Å²) in [5.74, 6) is -1.45. The van der Waals surface area contributed by atoms with Crippen molar-refractivity contribution in [3.8, 4) is 0 Å². The van der Waals surface area contributed by atoms with E-state index in [4.69, 9.17) is 0 Å². The molecule has 37 heavy (non-hydrogen) atoms. The Morgan fingerprint density at radius 2 is 0.730 bits per heavy atom. The molecule has 0 heterocycles. The molecule has 0 rings (SSSR count). The zero-order valence-electron chi connectivity index (χ0n) is 26.7. The first-order chi connectivity index (χ1) is 17.1. The molecule has 9 nitrogen and oxygen atoms in total. The number of carbonyl (C=O) groups is 1. The second-order valence-electron chi connectivity index (χ2n) is 9.39. The Morgan fingerprint density at radius 3 is 0.811 bits per heavy atom. The number of hydrogen-bond acceptors (Lipinski definition) is 6. The predicted octanol–water partition coefficient (Wildman–Crippen LogP) is 1.85. The van der Waals surface area contributed by atoms with Crippen molar-refractivity contribution in [3.63, 3.8) is 0 Å². The highest BCUT2D eigenvalue weighted by molar-refractivity contribution is 7.48. The van der Waals surface area contributed by atoms with Crippen molar-refractivity contribution in [2.75, 3.05) is 91.4 Å². The molecular weight excluding hydrogens is 491 g/mol. The van der Waals surface area contributed by atoms with E-state index >= 15 is 0 Å². The van der Waals surface area contributed by atoms with Crippen LogP contribution in [0.2, 0.25) is 0 Å². The van der Waals surface area contributed by atoms with Gasteiger partial charge in [-0.2, -0.15) is 0 Å². The van der Waals surface area contributed by atoms with Crippen molar-refractivity contribution in [1.82, 2.24) is 5.32 Å². The zero-order chi connectivity index (χ0) is 30.2. The van der Waals surface area contributed by atoms with Crippen LogP contribution in [0.15, 0.2) is 0 Å². The highest BCUT2D eigenvalue weighted by Gasteiger charge is 2.17. The first-order valence-electron chi connectivity index (χ1n) is 14.6. The molecule has 10 heteroatoms. The van der Waals surface area contributed by atoms with Gasteiger partial charge in [0.05, 0.1) is 84.5 Å². The molecular formula is C27H65N4O5P. The summed E-state index contributed by atoms with van der Waals surface area (Å²) in [5.41, 5.74) is 0. The highest BCUT2D eigenvalue weighted by atomic mass is 31.2. The van der Waals surface area contributed by atoms with E-state index in [1.165, 1.54) is 92.0 Å². The first-order valence-corrected chi connectivity index (χ1v) is 16.3. The Hall–Kier alpha value is -0.540. The van der Waals surface area contributed by atoms with Crippen molar-refractivity contribution in [3.05, 3.63) is 0 Å². The summed E-state index contributed by atoms with van der Waals surface area (Å²) < 4.78 is 13.6. The summed E-state index contributed by atoms with van der Waals surface area (Å²) in [7, 11) is -4.62. The fourth-order valence-corrected chi connectivity index (χ4v) is 4.71. The van der Waals surface area contributed by atoms with Gasteiger partial charge in [-0.1, -0.05) is 7.60 Å². The van der Waals surface area contributed by atoms with Gasteiger partial charge in [-0.25, -0.2) is 0 Å². The number of carbonyl (C=O) groups excluding carboxylic acids is 1. The third-order valence-corrected chi connectivity index (χ3v) is 9.24. The maximum atomic E-state index is 9.81. The molecule has 0 atom stereocenters. The summed E-state index contributed by atoms with van der Waals surface area (Å²) in [6.45, 7) is 42.0. The van der Waals surface area contributed by atoms with Crippen molar-refractivity contribution >= 4 is 13.6 Å². The monoisotopic (exact) mass is 556 g/mol. The lowest BCUT2D eigenvalue weighted by atomic mass is 10.3. The number of nitrogens with zero attached hydrogens (tertiary/aromatic N) is 3. The van der Waals surface area contributed by atoms with E-state index in [2.05, 4.69) is 83.1 Å². The van der Waals surface area contributed by atoms with Crippen LogP contribution in [0, 0.1) is 0 Å². The largest absolute Gasteiger partial charge is 0.810 e. The van der Waals surface area contributed by atoms with Crippen LogP contribution in [-0.4, -0.2) is 111 Å². The van der Waals surface area contributed by atoms with Gasteiger partial charge in [0.1, 0.15) is 0 Å². The average molecular weight is 557 g/mol. The van der Waals surface area contributed by atoms with Crippen molar-refractivity contribution in [2.24, 2.45) is 0 Å². The quantitative estimate of drug-likeness (QED) is 0.229. The minimum absolute atomic E-state index is 0.630. The fraction of sp³-hybridized carbons (Fsp3) is 0.963. The van der Waals surface area contributed by atoms with Crippen LogP contribution in [0.3, 0.4) is 0 Å². The van der Waals surface area contributed by atoms with Crippen LogP contribution in [-0.2, 0) is 9.36 Å². The summed E-state index contributed by atoms with van der Waals surface area (Å²) in [6, 6.07) is 0. The number of nitrogens with one attached hydrogen (secondary N) is 1. The Bertz CT molecular complexity index is 461. The second-order valence-corrected chi connectivity index (χ2v) is 10.9. The number of carboxylic acids is 1. The maximum absolute atomic E-state index is 9.81. The normalized spacial score (nSPS) is 11.8. The van der Waals surface area contributed by atoms with Gasteiger partial charge in [0.2, 0.25) is 0 Å². The Kier molecular flexibility index (Phi) is 28.8. The number of quaternary nitrogens is 3. The minimum Gasteiger partial charge on any atom is -0.810 e. The van der Waals surface area contributed by atoms with Crippen LogP contribution in [0.1, 0.15) is 83.1 Å². The molecule has 228 valence electrons. The first kappa shape index (κ1) is 43.5. The Balaban J connectivity index is -0.000000196. The molecule has 0 aliphatic carbocycles. The summed E-state index contributed by atoms with van der Waals surface area (Å²) in [6.07, 6.45) is -0.860. The van der Waals surface area contributed by atoms with E-state index in [0.29, 0.717) is 0 Å². The smallest absolute Gasteiger partial charge is 0.0757 e. The molecule has 0 amide bonds. The molecule has 0 bridgehead atoms. The van der Waals surface area contributed by atoms with E-state index < -0.39 is 26.4 Å². The van der Waals surface area contributed by atoms with Gasteiger partial charge in [-0.3, -0.25) is 0 Å². The van der Waals surface area contributed by atoms with Crippen molar-refractivity contribution in [2.45, 2.75) is 83.1 Å². The molecule has 0 aromatic rings. The minimum atomic E-state index is -4.62. The van der Waals surface area contributed by atoms with Gasteiger partial charge in [0.15, 0.2) is 0 Å². The van der Waals surface area contributed by atoms with Crippen molar-refractivity contribution in [1.29, 1.82) is 0 Å². The van der Waals surface area contributed by atoms with Crippen LogP contribution in [0.25, 0.3) is 0 Å². The molecule has 0 saturated carbocycles. The number of rotatable bonds is 16. The Morgan fingerprint density at radius 1 is 0.541 bits per heavy atom. The fourth-order valence-electron chi connectivity index (χ4n) is 4.32. The molecule has 0 spiro atoms. The van der Waals surface area contributed by atoms with E-state index in [1.807, 2.05) is 5.32 Å². The Labute approximate surface area is 231 Å². The molecule has 0 aliphatic rings. The van der Waals surface area contributed by atoms with E-state index in [1.54, 1.807) is 0 Å². The molecule has 0 aromatic heterocycles. The molecule has 1 N–H and O–H groups in total. The van der Waals surface area contributed by atoms with Gasteiger partial charge in [0.25, 0.3) is 0 Å². The third kappa shape index (κ3) is 22.0. The molecule has 0 saturated heterocycles. The van der Waals surface area contributed by atoms with E-state index in [0.717, 1.165) is 0 Å². The SMILES string of the molecule is CC[N+](CC)(CC)CC.CC[N+](CC)(CC)CC.CC[N+](CC)(CC)CC.O=C([O-])CNCP(=O)([O-])[O-]. The van der Waals surface area contributed by atoms with Crippen LogP contribution < -0.4 is 20.2 Å². The van der Waals surface area contributed by atoms with Crippen LogP contribution in [0.5, 0.6) is 0 Å². The lowest BCUT2D eigenvalue weighted by molar-refractivity contribution is -0.921. The highest BCUT2D eigenvalue weighted by Crippen LogP contribution is 2.18. The van der Waals surface area contributed by atoms with Crippen molar-refractivity contribution < 1.29 is 37.7 Å². The van der Waals surface area contributed by atoms with Crippen LogP contribution >= 0.6 is 7.60 Å². The molecule has 0 unspecified atom stereocenters. The lowest BCUT2D eigenvalue weighted by Gasteiger charge is -2.34. The van der Waals surface area contributed by atoms with E-state index in [9.17, 15) is 24.3 Å². The number of hydrogen-bond donors (Lipinski definition) is 1. The molecule has 0 radical (unpaired) electrons. The van der Waals surface area contributed by atoms with Crippen LogP contribution in [0.4, 0.5) is 0 Å².